The molecule has 0 heterocycles. The molecule has 1 aromatic carbocycles. The van der Waals surface area contributed by atoms with Gasteiger partial charge in [-0.3, -0.25) is 0 Å². The van der Waals surface area contributed by atoms with E-state index in [1.54, 1.807) is 13.8 Å². The minimum absolute atomic E-state index is 0.163. The van der Waals surface area contributed by atoms with E-state index in [1.807, 2.05) is 0 Å². The SMILES string of the molecule is CC(C)C(Nc1ccc(OC(F)(F)F)cc1)C(=O)O. The third-order valence-corrected chi connectivity index (χ3v) is 2.34. The summed E-state index contributed by atoms with van der Waals surface area (Å²) in [7, 11) is 0. The number of hydrogen-bond acceptors (Lipinski definition) is 3. The Bertz CT molecular complexity index is 429. The molecule has 2 N–H and O–H groups in total. The van der Waals surface area contributed by atoms with Gasteiger partial charge in [-0.2, -0.15) is 0 Å². The highest BCUT2D eigenvalue weighted by Crippen LogP contribution is 2.24. The van der Waals surface area contributed by atoms with Gasteiger partial charge in [0.1, 0.15) is 11.8 Å². The molecule has 19 heavy (non-hydrogen) atoms. The number of halogens is 3. The molecule has 1 atom stereocenters. The molecule has 106 valence electrons. The van der Waals surface area contributed by atoms with Crippen LogP contribution in [0.15, 0.2) is 24.3 Å². The lowest BCUT2D eigenvalue weighted by atomic mass is 10.0. The van der Waals surface area contributed by atoms with E-state index in [0.29, 0.717) is 5.69 Å². The fourth-order valence-corrected chi connectivity index (χ4v) is 1.45. The van der Waals surface area contributed by atoms with Crippen molar-refractivity contribution in [2.75, 3.05) is 5.32 Å². The maximum absolute atomic E-state index is 11.9. The van der Waals surface area contributed by atoms with Gasteiger partial charge in [-0.1, -0.05) is 13.8 Å². The Balaban J connectivity index is 2.74. The van der Waals surface area contributed by atoms with Crippen LogP contribution in [0.5, 0.6) is 5.75 Å². The van der Waals surface area contributed by atoms with Gasteiger partial charge < -0.3 is 15.2 Å². The zero-order valence-corrected chi connectivity index (χ0v) is 10.4. The third-order valence-electron chi connectivity index (χ3n) is 2.34. The van der Waals surface area contributed by atoms with Crippen LogP contribution in [-0.2, 0) is 4.79 Å². The van der Waals surface area contributed by atoms with Crippen molar-refractivity contribution in [2.45, 2.75) is 26.3 Å². The van der Waals surface area contributed by atoms with Crippen molar-refractivity contribution in [3.05, 3.63) is 24.3 Å². The van der Waals surface area contributed by atoms with Crippen LogP contribution in [0.4, 0.5) is 18.9 Å². The molecule has 1 rings (SSSR count). The molecule has 1 unspecified atom stereocenters. The van der Waals surface area contributed by atoms with Gasteiger partial charge in [-0.15, -0.1) is 13.2 Å². The summed E-state index contributed by atoms with van der Waals surface area (Å²) in [5.74, 6) is -1.54. The van der Waals surface area contributed by atoms with Gasteiger partial charge in [-0.05, 0) is 30.2 Å². The van der Waals surface area contributed by atoms with Gasteiger partial charge in [0.25, 0.3) is 0 Å². The number of aliphatic carboxylic acids is 1. The smallest absolute Gasteiger partial charge is 0.480 e. The summed E-state index contributed by atoms with van der Waals surface area (Å²) in [5, 5.41) is 11.7. The number of nitrogens with one attached hydrogen (secondary N) is 1. The van der Waals surface area contributed by atoms with Crippen LogP contribution in [0.25, 0.3) is 0 Å². The molecule has 4 nitrogen and oxygen atoms in total. The van der Waals surface area contributed by atoms with Crippen molar-refractivity contribution in [3.63, 3.8) is 0 Å². The van der Waals surface area contributed by atoms with E-state index >= 15 is 0 Å². The Morgan fingerprint density at radius 3 is 2.16 bits per heavy atom. The Labute approximate surface area is 108 Å². The Kier molecular flexibility index (Phi) is 4.63. The first kappa shape index (κ1) is 15.1. The van der Waals surface area contributed by atoms with Crippen LogP contribution in [0.2, 0.25) is 0 Å². The number of rotatable bonds is 5. The van der Waals surface area contributed by atoms with Gasteiger partial charge in [0, 0.05) is 5.69 Å². The average molecular weight is 277 g/mol. The molecule has 0 bridgehead atoms. The summed E-state index contributed by atoms with van der Waals surface area (Å²) in [6.45, 7) is 3.46. The molecule has 0 saturated carbocycles. The number of carboxylic acids is 1. The molecule has 0 spiro atoms. The molecule has 1 aromatic rings. The molecule has 0 amide bonds. The van der Waals surface area contributed by atoms with Crippen LogP contribution >= 0.6 is 0 Å². The van der Waals surface area contributed by atoms with E-state index in [9.17, 15) is 18.0 Å². The highest BCUT2D eigenvalue weighted by molar-refractivity contribution is 5.77. The zero-order valence-electron chi connectivity index (χ0n) is 10.4. The minimum atomic E-state index is -4.74. The molecular formula is C12H14F3NO3. The molecule has 0 aliphatic rings. The summed E-state index contributed by atoms with van der Waals surface area (Å²) >= 11 is 0. The quantitative estimate of drug-likeness (QED) is 0.868. The van der Waals surface area contributed by atoms with Gasteiger partial charge in [0.2, 0.25) is 0 Å². The van der Waals surface area contributed by atoms with Crippen LogP contribution in [0.3, 0.4) is 0 Å². The molecule has 0 radical (unpaired) electrons. The maximum Gasteiger partial charge on any atom is 0.573 e. The third kappa shape index (κ3) is 5.07. The lowest BCUT2D eigenvalue weighted by Gasteiger charge is -2.19. The lowest BCUT2D eigenvalue weighted by molar-refractivity contribution is -0.274. The van der Waals surface area contributed by atoms with Crippen molar-refractivity contribution in [1.29, 1.82) is 0 Å². The number of carbonyl (C=O) groups is 1. The summed E-state index contributed by atoms with van der Waals surface area (Å²) in [6.07, 6.45) is -4.74. The van der Waals surface area contributed by atoms with Gasteiger partial charge in [0.15, 0.2) is 0 Å². The molecule has 0 fully saturated rings. The fraction of sp³-hybridized carbons (Fsp3) is 0.417. The largest absolute Gasteiger partial charge is 0.573 e. The number of alkyl halides is 3. The molecule has 0 aliphatic heterocycles. The van der Waals surface area contributed by atoms with Crippen molar-refractivity contribution >= 4 is 11.7 Å². The van der Waals surface area contributed by atoms with Crippen molar-refractivity contribution < 1.29 is 27.8 Å². The predicted molar refractivity (Wildman–Crippen MR) is 63.0 cm³/mol. The van der Waals surface area contributed by atoms with Gasteiger partial charge in [-0.25, -0.2) is 4.79 Å². The van der Waals surface area contributed by atoms with Crippen LogP contribution < -0.4 is 10.1 Å². The predicted octanol–water partition coefficient (Wildman–Crippen LogP) is 3.11. The molecule has 0 aromatic heterocycles. The number of hydrogen-bond donors (Lipinski definition) is 2. The topological polar surface area (TPSA) is 58.6 Å². The molecule has 7 heteroatoms. The highest BCUT2D eigenvalue weighted by atomic mass is 19.4. The van der Waals surface area contributed by atoms with Crippen LogP contribution in [0, 0.1) is 5.92 Å². The summed E-state index contributed by atoms with van der Waals surface area (Å²) in [6, 6.07) is 4.09. The van der Waals surface area contributed by atoms with E-state index in [4.69, 9.17) is 5.11 Å². The number of ether oxygens (including phenoxy) is 1. The lowest BCUT2D eigenvalue weighted by Crippen LogP contribution is -2.34. The average Bonchev–Trinajstić information content (AvgIpc) is 2.25. The van der Waals surface area contributed by atoms with Crippen molar-refractivity contribution in [2.24, 2.45) is 5.92 Å². The molecule has 0 saturated heterocycles. The summed E-state index contributed by atoms with van der Waals surface area (Å²) in [4.78, 5) is 11.0. The first-order valence-electron chi connectivity index (χ1n) is 5.54. The minimum Gasteiger partial charge on any atom is -0.480 e. The second-order valence-corrected chi connectivity index (χ2v) is 4.28. The summed E-state index contributed by atoms with van der Waals surface area (Å²) in [5.41, 5.74) is 0.413. The first-order valence-corrected chi connectivity index (χ1v) is 5.54. The molecular weight excluding hydrogens is 263 g/mol. The van der Waals surface area contributed by atoms with Crippen LogP contribution in [-0.4, -0.2) is 23.5 Å². The highest BCUT2D eigenvalue weighted by Gasteiger charge is 2.31. The standard InChI is InChI=1S/C12H14F3NO3/c1-7(2)10(11(17)18)16-8-3-5-9(6-4-8)19-12(13,14)15/h3-7,10,16H,1-2H3,(H,17,18). The Morgan fingerprint density at radius 2 is 1.79 bits per heavy atom. The van der Waals surface area contributed by atoms with E-state index < -0.39 is 18.4 Å². The maximum atomic E-state index is 11.9. The fourth-order valence-electron chi connectivity index (χ4n) is 1.45. The second kappa shape index (κ2) is 5.81. The van der Waals surface area contributed by atoms with E-state index in [0.717, 1.165) is 12.1 Å². The van der Waals surface area contributed by atoms with Crippen molar-refractivity contribution in [3.8, 4) is 5.75 Å². The first-order chi connectivity index (χ1) is 8.69. The number of anilines is 1. The molecule has 0 aliphatic carbocycles. The number of benzene rings is 1. The monoisotopic (exact) mass is 277 g/mol. The normalized spacial score (nSPS) is 13.2. The van der Waals surface area contributed by atoms with Gasteiger partial charge in [0.05, 0.1) is 0 Å². The zero-order chi connectivity index (χ0) is 14.6. The van der Waals surface area contributed by atoms with Crippen molar-refractivity contribution in [1.82, 2.24) is 0 Å². The van der Waals surface area contributed by atoms with Crippen LogP contribution in [0.1, 0.15) is 13.8 Å². The second-order valence-electron chi connectivity index (χ2n) is 4.28. The van der Waals surface area contributed by atoms with Gasteiger partial charge >= 0.3 is 12.3 Å². The van der Waals surface area contributed by atoms with E-state index in [1.165, 1.54) is 12.1 Å². The summed E-state index contributed by atoms with van der Waals surface area (Å²) < 4.78 is 39.6. The Morgan fingerprint density at radius 1 is 1.26 bits per heavy atom. The van der Waals surface area contributed by atoms with E-state index in [-0.39, 0.29) is 11.7 Å². The Hall–Kier alpha value is -1.92. The van der Waals surface area contributed by atoms with E-state index in [2.05, 4.69) is 10.1 Å². The number of carboxylic acid groups (broad SMARTS) is 1.